The minimum atomic E-state index is -0.435. The molecule has 0 saturated carbocycles. The van der Waals surface area contributed by atoms with Crippen LogP contribution in [-0.4, -0.2) is 97.1 Å². The van der Waals surface area contributed by atoms with E-state index < -0.39 is 23.7 Å². The Hall–Kier alpha value is -2.28. The van der Waals surface area contributed by atoms with Gasteiger partial charge in [-0.3, -0.25) is 19.2 Å². The van der Waals surface area contributed by atoms with Crippen LogP contribution in [0.15, 0.2) is 0 Å². The SMILES string of the molecule is CCC1CC2CCC(O2)C(C)C(=O)OC(C)CC2CCC(O2)C(C)C(=O)OC(CC)CC2CCC(O2)C(C)C(=O)OC(C)CC2CCC(O2)C(C)C(=O)O1. The fourth-order valence-electron chi connectivity index (χ4n) is 8.88. The Morgan fingerprint density at radius 3 is 0.926 bits per heavy atom. The summed E-state index contributed by atoms with van der Waals surface area (Å²) in [6, 6.07) is 0. The van der Waals surface area contributed by atoms with Crippen LogP contribution in [0.2, 0.25) is 0 Å². The van der Waals surface area contributed by atoms with Crippen LogP contribution in [0.5, 0.6) is 0 Å². The molecule has 8 bridgehead atoms. The minimum absolute atomic E-state index is 0.115. The van der Waals surface area contributed by atoms with Gasteiger partial charge >= 0.3 is 23.9 Å². The van der Waals surface area contributed by atoms with Crippen molar-refractivity contribution in [2.45, 2.75) is 219 Å². The molecule has 0 aromatic rings. The third kappa shape index (κ3) is 11.4. The second kappa shape index (κ2) is 19.7. The highest BCUT2D eigenvalue weighted by Crippen LogP contribution is 2.35. The van der Waals surface area contributed by atoms with Crippen molar-refractivity contribution >= 4 is 23.9 Å². The van der Waals surface area contributed by atoms with E-state index in [4.69, 9.17) is 37.9 Å². The first-order valence-corrected chi connectivity index (χ1v) is 21.2. The number of carbonyl (C=O) groups excluding carboxylic acids is 4. The predicted octanol–water partition coefficient (Wildman–Crippen LogP) is 6.80. The lowest BCUT2D eigenvalue weighted by Gasteiger charge is -2.26. The number of carbonyl (C=O) groups is 4. The highest BCUT2D eigenvalue weighted by molar-refractivity contribution is 5.74. The number of hydrogen-bond acceptors (Lipinski definition) is 12. The van der Waals surface area contributed by atoms with Gasteiger partial charge in [0.1, 0.15) is 24.4 Å². The Kier molecular flexibility index (Phi) is 15.7. The number of cyclic esters (lactones) is 4. The smallest absolute Gasteiger partial charge is 0.311 e. The molecule has 12 nitrogen and oxygen atoms in total. The molecule has 308 valence electrons. The molecular weight excluding hydrogens is 696 g/mol. The molecule has 5 aliphatic rings. The van der Waals surface area contributed by atoms with Gasteiger partial charge in [0, 0.05) is 25.7 Å². The lowest BCUT2D eigenvalue weighted by Crippen LogP contribution is -2.34. The van der Waals surface area contributed by atoms with Crippen molar-refractivity contribution < 1.29 is 57.1 Å². The van der Waals surface area contributed by atoms with Crippen molar-refractivity contribution in [3.63, 3.8) is 0 Å². The van der Waals surface area contributed by atoms with Crippen LogP contribution in [0.4, 0.5) is 0 Å². The predicted molar refractivity (Wildman–Crippen MR) is 198 cm³/mol. The molecule has 16 unspecified atom stereocenters. The molecule has 5 rings (SSSR count). The van der Waals surface area contributed by atoms with E-state index in [0.717, 1.165) is 51.4 Å². The maximum absolute atomic E-state index is 13.3. The molecule has 54 heavy (non-hydrogen) atoms. The monoisotopic (exact) mass is 764 g/mol. The van der Waals surface area contributed by atoms with E-state index >= 15 is 0 Å². The second-order valence-electron chi connectivity index (χ2n) is 17.0. The topological polar surface area (TPSA) is 142 Å². The number of ether oxygens (including phenoxy) is 8. The quantitative estimate of drug-likeness (QED) is 0.216. The number of hydrogen-bond donors (Lipinski definition) is 0. The zero-order valence-corrected chi connectivity index (χ0v) is 34.0. The van der Waals surface area contributed by atoms with Crippen LogP contribution < -0.4 is 0 Å². The van der Waals surface area contributed by atoms with Gasteiger partial charge in [0.2, 0.25) is 0 Å². The van der Waals surface area contributed by atoms with Crippen LogP contribution >= 0.6 is 0 Å². The molecule has 0 N–H and O–H groups in total. The van der Waals surface area contributed by atoms with Crippen molar-refractivity contribution in [3.05, 3.63) is 0 Å². The third-order valence-electron chi connectivity index (χ3n) is 12.6. The molecule has 0 spiro atoms. The molecule has 5 saturated heterocycles. The zero-order valence-electron chi connectivity index (χ0n) is 34.0. The average Bonchev–Trinajstić information content (AvgIpc) is 3.98. The van der Waals surface area contributed by atoms with E-state index in [9.17, 15) is 19.2 Å². The van der Waals surface area contributed by atoms with E-state index in [1.165, 1.54) is 0 Å². The average molecular weight is 765 g/mol. The summed E-state index contributed by atoms with van der Waals surface area (Å²) >= 11 is 0. The summed E-state index contributed by atoms with van der Waals surface area (Å²) in [4.78, 5) is 53.0. The molecule has 5 aliphatic heterocycles. The fraction of sp³-hybridized carbons (Fsp3) is 0.905. The first kappa shape index (κ1) is 42.9. The Morgan fingerprint density at radius 1 is 0.389 bits per heavy atom. The summed E-state index contributed by atoms with van der Waals surface area (Å²) in [5.41, 5.74) is 0. The van der Waals surface area contributed by atoms with Gasteiger partial charge in [-0.25, -0.2) is 0 Å². The van der Waals surface area contributed by atoms with Gasteiger partial charge in [0.05, 0.1) is 72.5 Å². The highest BCUT2D eigenvalue weighted by Gasteiger charge is 2.41. The highest BCUT2D eigenvalue weighted by atomic mass is 16.6. The van der Waals surface area contributed by atoms with E-state index in [1.807, 2.05) is 55.4 Å². The standard InChI is InChI=1S/C42H68O12/c1-9-29-21-33-13-17-35(51-33)25(5)39(43)47-24(4)20-32-12-16-38(50-32)28(8)42(46)54-30(10-2)22-34-14-18-36(52-34)26(6)40(44)48-23(3)19-31-11-15-37(49-31)27(7)41(45)53-29/h23-38H,9-22H2,1-8H3. The van der Waals surface area contributed by atoms with Gasteiger partial charge in [0.15, 0.2) is 0 Å². The third-order valence-corrected chi connectivity index (χ3v) is 12.6. The Balaban J connectivity index is 1.22. The first-order chi connectivity index (χ1) is 25.7. The van der Waals surface area contributed by atoms with Gasteiger partial charge < -0.3 is 37.9 Å². The largest absolute Gasteiger partial charge is 0.462 e. The van der Waals surface area contributed by atoms with Crippen LogP contribution in [-0.2, 0) is 57.1 Å². The Morgan fingerprint density at radius 2 is 0.648 bits per heavy atom. The van der Waals surface area contributed by atoms with Crippen LogP contribution in [0, 0.1) is 23.7 Å². The van der Waals surface area contributed by atoms with E-state index in [1.54, 1.807) is 0 Å². The van der Waals surface area contributed by atoms with Gasteiger partial charge in [-0.1, -0.05) is 13.8 Å². The van der Waals surface area contributed by atoms with Crippen molar-refractivity contribution in [2.75, 3.05) is 0 Å². The zero-order chi connectivity index (χ0) is 39.1. The van der Waals surface area contributed by atoms with E-state index in [-0.39, 0.29) is 97.1 Å². The Labute approximate surface area is 322 Å². The summed E-state index contributed by atoms with van der Waals surface area (Å²) in [5, 5.41) is 0. The summed E-state index contributed by atoms with van der Waals surface area (Å²) in [5.74, 6) is -2.88. The van der Waals surface area contributed by atoms with E-state index in [2.05, 4.69) is 0 Å². The maximum atomic E-state index is 13.3. The van der Waals surface area contributed by atoms with Gasteiger partial charge in [-0.15, -0.1) is 0 Å². The van der Waals surface area contributed by atoms with Crippen molar-refractivity contribution in [1.29, 1.82) is 0 Å². The van der Waals surface area contributed by atoms with Gasteiger partial charge in [-0.05, 0) is 106 Å². The minimum Gasteiger partial charge on any atom is -0.462 e. The van der Waals surface area contributed by atoms with Crippen molar-refractivity contribution in [1.82, 2.24) is 0 Å². The van der Waals surface area contributed by atoms with Crippen molar-refractivity contribution in [2.24, 2.45) is 23.7 Å². The van der Waals surface area contributed by atoms with Gasteiger partial charge in [0.25, 0.3) is 0 Å². The summed E-state index contributed by atoms with van der Waals surface area (Å²) < 4.78 is 49.0. The fourth-order valence-corrected chi connectivity index (χ4v) is 8.88. The molecule has 12 heteroatoms. The lowest BCUT2D eigenvalue weighted by atomic mass is 9.99. The van der Waals surface area contributed by atoms with Crippen LogP contribution in [0.3, 0.4) is 0 Å². The number of esters is 4. The molecular formula is C42H68O12. The Bertz CT molecular complexity index is 1160. The molecule has 5 fully saturated rings. The molecule has 0 aromatic carbocycles. The molecule has 0 aliphatic carbocycles. The maximum Gasteiger partial charge on any atom is 0.311 e. The van der Waals surface area contributed by atoms with Crippen LogP contribution in [0.1, 0.15) is 145 Å². The second-order valence-corrected chi connectivity index (χ2v) is 17.0. The molecule has 5 heterocycles. The van der Waals surface area contributed by atoms with Crippen LogP contribution in [0.25, 0.3) is 0 Å². The van der Waals surface area contributed by atoms with E-state index in [0.29, 0.717) is 38.5 Å². The normalized spacial score (nSPS) is 44.0. The summed E-state index contributed by atoms with van der Waals surface area (Å²) in [6.45, 7) is 15.2. The molecule has 0 amide bonds. The lowest BCUT2D eigenvalue weighted by molar-refractivity contribution is -0.162. The molecule has 0 radical (unpaired) electrons. The number of rotatable bonds is 2. The van der Waals surface area contributed by atoms with Gasteiger partial charge in [-0.2, -0.15) is 0 Å². The molecule has 16 atom stereocenters. The molecule has 0 aromatic heterocycles. The van der Waals surface area contributed by atoms with Crippen molar-refractivity contribution in [3.8, 4) is 0 Å². The summed E-state index contributed by atoms with van der Waals surface area (Å²) in [7, 11) is 0. The first-order valence-electron chi connectivity index (χ1n) is 21.2. The summed E-state index contributed by atoms with van der Waals surface area (Å²) in [6.07, 6.45) is 6.72. The number of fused-ring (bicyclic) bond motifs is 8.